The van der Waals surface area contributed by atoms with Gasteiger partial charge in [-0.25, -0.2) is 0 Å². The standard InChI is InChI=1S/C11H13BrClN3O2/c1-16(5-4-10(14)15-18)11(17)8-6-7(13)2-3-9(8)12/h2-3,6,18H,4-5H2,1H3,(H2,14,15). The van der Waals surface area contributed by atoms with E-state index in [1.165, 1.54) is 4.90 Å². The number of nitrogens with zero attached hydrogens (tertiary/aromatic N) is 2. The molecule has 5 nitrogen and oxygen atoms in total. The Morgan fingerprint density at radius 3 is 2.89 bits per heavy atom. The van der Waals surface area contributed by atoms with Crippen LogP contribution in [0.5, 0.6) is 0 Å². The molecule has 0 spiro atoms. The molecule has 7 heteroatoms. The molecule has 1 aromatic carbocycles. The van der Waals surface area contributed by atoms with E-state index < -0.39 is 0 Å². The lowest BCUT2D eigenvalue weighted by Gasteiger charge is -2.17. The molecule has 0 saturated heterocycles. The van der Waals surface area contributed by atoms with Crippen LogP contribution in [-0.4, -0.2) is 35.4 Å². The number of carbonyl (C=O) groups excluding carboxylic acids is 1. The van der Waals surface area contributed by atoms with Crippen LogP contribution in [0.4, 0.5) is 0 Å². The van der Waals surface area contributed by atoms with Gasteiger partial charge >= 0.3 is 0 Å². The van der Waals surface area contributed by atoms with Crippen molar-refractivity contribution in [2.45, 2.75) is 6.42 Å². The molecule has 1 rings (SSSR count). The molecule has 0 bridgehead atoms. The molecule has 98 valence electrons. The van der Waals surface area contributed by atoms with E-state index in [0.717, 1.165) is 0 Å². The molecule has 0 heterocycles. The number of amides is 1. The van der Waals surface area contributed by atoms with Gasteiger partial charge in [-0.1, -0.05) is 16.8 Å². The third kappa shape index (κ3) is 3.89. The molecule has 0 aromatic heterocycles. The second kappa shape index (κ2) is 6.61. The van der Waals surface area contributed by atoms with E-state index in [9.17, 15) is 4.79 Å². The summed E-state index contributed by atoms with van der Waals surface area (Å²) in [6, 6.07) is 5.00. The highest BCUT2D eigenvalue weighted by atomic mass is 79.9. The van der Waals surface area contributed by atoms with Gasteiger partial charge in [0, 0.05) is 29.5 Å². The fourth-order valence-corrected chi connectivity index (χ4v) is 1.89. The van der Waals surface area contributed by atoms with Crippen LogP contribution >= 0.6 is 27.5 Å². The first-order valence-electron chi connectivity index (χ1n) is 5.12. The number of carbonyl (C=O) groups is 1. The van der Waals surface area contributed by atoms with Crippen LogP contribution in [-0.2, 0) is 0 Å². The number of halogens is 2. The minimum atomic E-state index is -0.185. The number of hydrogen-bond acceptors (Lipinski definition) is 3. The summed E-state index contributed by atoms with van der Waals surface area (Å²) in [7, 11) is 1.64. The van der Waals surface area contributed by atoms with Crippen LogP contribution in [0.3, 0.4) is 0 Å². The topological polar surface area (TPSA) is 78.9 Å². The normalized spacial score (nSPS) is 11.4. The first kappa shape index (κ1) is 14.8. The lowest BCUT2D eigenvalue weighted by molar-refractivity contribution is 0.0797. The van der Waals surface area contributed by atoms with Gasteiger partial charge in [0.05, 0.1) is 5.56 Å². The summed E-state index contributed by atoms with van der Waals surface area (Å²) in [6.07, 6.45) is 0.303. The molecule has 0 unspecified atom stereocenters. The summed E-state index contributed by atoms with van der Waals surface area (Å²) in [6.45, 7) is 0.355. The maximum atomic E-state index is 12.1. The van der Waals surface area contributed by atoms with Crippen molar-refractivity contribution >= 4 is 39.3 Å². The van der Waals surface area contributed by atoms with Crippen molar-refractivity contribution < 1.29 is 10.0 Å². The van der Waals surface area contributed by atoms with E-state index in [4.69, 9.17) is 22.5 Å². The van der Waals surface area contributed by atoms with Crippen molar-refractivity contribution in [2.24, 2.45) is 10.9 Å². The van der Waals surface area contributed by atoms with E-state index in [1.54, 1.807) is 25.2 Å². The predicted octanol–water partition coefficient (Wildman–Crippen LogP) is 2.31. The summed E-state index contributed by atoms with van der Waals surface area (Å²) in [4.78, 5) is 13.6. The molecule has 1 aromatic rings. The van der Waals surface area contributed by atoms with Crippen molar-refractivity contribution in [1.29, 1.82) is 0 Å². The smallest absolute Gasteiger partial charge is 0.254 e. The molecule has 0 aliphatic rings. The lowest BCUT2D eigenvalue weighted by atomic mass is 10.2. The Bertz CT molecular complexity index is 479. The Labute approximate surface area is 118 Å². The second-order valence-corrected chi connectivity index (χ2v) is 4.98. The average Bonchev–Trinajstić information content (AvgIpc) is 2.37. The maximum absolute atomic E-state index is 12.1. The first-order valence-corrected chi connectivity index (χ1v) is 6.29. The van der Waals surface area contributed by atoms with Crippen molar-refractivity contribution in [2.75, 3.05) is 13.6 Å². The Morgan fingerprint density at radius 1 is 1.61 bits per heavy atom. The van der Waals surface area contributed by atoms with E-state index in [0.29, 0.717) is 28.0 Å². The molecule has 0 aliphatic carbocycles. The summed E-state index contributed by atoms with van der Waals surface area (Å²) in [5.41, 5.74) is 5.82. The van der Waals surface area contributed by atoms with Gasteiger partial charge in [0.25, 0.3) is 5.91 Å². The zero-order chi connectivity index (χ0) is 13.7. The summed E-state index contributed by atoms with van der Waals surface area (Å²) in [5, 5.41) is 11.8. The predicted molar refractivity (Wildman–Crippen MR) is 74.1 cm³/mol. The van der Waals surface area contributed by atoms with E-state index >= 15 is 0 Å². The Balaban J connectivity index is 2.77. The van der Waals surface area contributed by atoms with Crippen LogP contribution in [0.2, 0.25) is 5.02 Å². The number of benzene rings is 1. The highest BCUT2D eigenvalue weighted by Crippen LogP contribution is 2.22. The molecular weight excluding hydrogens is 321 g/mol. The highest BCUT2D eigenvalue weighted by molar-refractivity contribution is 9.10. The SMILES string of the molecule is CN(CC/C(N)=N/O)C(=O)c1cc(Cl)ccc1Br. The van der Waals surface area contributed by atoms with Gasteiger partial charge in [-0.2, -0.15) is 0 Å². The van der Waals surface area contributed by atoms with Gasteiger partial charge in [0.15, 0.2) is 0 Å². The van der Waals surface area contributed by atoms with Gasteiger partial charge in [-0.05, 0) is 34.1 Å². The highest BCUT2D eigenvalue weighted by Gasteiger charge is 2.15. The fourth-order valence-electron chi connectivity index (χ4n) is 1.30. The number of oxime groups is 1. The van der Waals surface area contributed by atoms with Crippen LogP contribution in [0.25, 0.3) is 0 Å². The maximum Gasteiger partial charge on any atom is 0.254 e. The third-order valence-corrected chi connectivity index (χ3v) is 3.26. The van der Waals surface area contributed by atoms with Crippen molar-refractivity contribution in [3.8, 4) is 0 Å². The quantitative estimate of drug-likeness (QED) is 0.384. The zero-order valence-electron chi connectivity index (χ0n) is 9.73. The van der Waals surface area contributed by atoms with Crippen molar-refractivity contribution in [3.05, 3.63) is 33.3 Å². The van der Waals surface area contributed by atoms with Crippen LogP contribution < -0.4 is 5.73 Å². The molecule has 0 radical (unpaired) electrons. The Kier molecular flexibility index (Phi) is 5.43. The second-order valence-electron chi connectivity index (χ2n) is 3.69. The van der Waals surface area contributed by atoms with Crippen molar-refractivity contribution in [1.82, 2.24) is 4.90 Å². The Hall–Kier alpha value is -1.27. The molecule has 0 aliphatic heterocycles. The molecule has 1 amide bonds. The van der Waals surface area contributed by atoms with Crippen LogP contribution in [0.1, 0.15) is 16.8 Å². The van der Waals surface area contributed by atoms with Gasteiger partial charge in [-0.15, -0.1) is 0 Å². The van der Waals surface area contributed by atoms with E-state index in [1.807, 2.05) is 0 Å². The van der Waals surface area contributed by atoms with Gasteiger partial charge in [0.1, 0.15) is 5.84 Å². The first-order chi connectivity index (χ1) is 8.45. The molecule has 0 fully saturated rings. The van der Waals surface area contributed by atoms with Crippen LogP contribution in [0, 0.1) is 0 Å². The molecular formula is C11H13BrClN3O2. The lowest BCUT2D eigenvalue weighted by Crippen LogP contribution is -2.30. The van der Waals surface area contributed by atoms with Gasteiger partial charge in [-0.3, -0.25) is 4.79 Å². The summed E-state index contributed by atoms with van der Waals surface area (Å²) < 4.78 is 0.674. The van der Waals surface area contributed by atoms with Crippen molar-refractivity contribution in [3.63, 3.8) is 0 Å². The fraction of sp³-hybridized carbons (Fsp3) is 0.273. The summed E-state index contributed by atoms with van der Waals surface area (Å²) >= 11 is 9.15. The van der Waals surface area contributed by atoms with E-state index in [2.05, 4.69) is 21.1 Å². The monoisotopic (exact) mass is 333 g/mol. The van der Waals surface area contributed by atoms with E-state index in [-0.39, 0.29) is 11.7 Å². The van der Waals surface area contributed by atoms with Crippen LogP contribution in [0.15, 0.2) is 27.8 Å². The Morgan fingerprint density at radius 2 is 2.28 bits per heavy atom. The van der Waals surface area contributed by atoms with Gasteiger partial charge < -0.3 is 15.8 Å². The number of hydrogen-bond donors (Lipinski definition) is 2. The molecule has 18 heavy (non-hydrogen) atoms. The largest absolute Gasteiger partial charge is 0.409 e. The molecule has 0 saturated carbocycles. The number of nitrogens with two attached hydrogens (primary N) is 1. The number of amidine groups is 1. The van der Waals surface area contributed by atoms with Gasteiger partial charge in [0.2, 0.25) is 0 Å². The third-order valence-electron chi connectivity index (χ3n) is 2.34. The number of rotatable bonds is 4. The summed E-state index contributed by atoms with van der Waals surface area (Å²) in [5.74, 6) is -0.102. The zero-order valence-corrected chi connectivity index (χ0v) is 12.1. The minimum Gasteiger partial charge on any atom is -0.409 e. The average molecular weight is 335 g/mol. The molecule has 3 N–H and O–H groups in total. The molecule has 0 atom stereocenters. The minimum absolute atomic E-state index is 0.0832.